The fraction of sp³-hybridized carbons (Fsp3) is 0.286. The molecule has 0 aliphatic rings. The number of nitrogens with zero attached hydrogens (tertiary/aromatic N) is 2. The predicted octanol–water partition coefficient (Wildman–Crippen LogP) is 2.07. The van der Waals surface area contributed by atoms with Gasteiger partial charge in [-0.1, -0.05) is 11.6 Å². The van der Waals surface area contributed by atoms with E-state index in [4.69, 9.17) is 0 Å². The van der Waals surface area contributed by atoms with E-state index in [0.29, 0.717) is 13.1 Å². The van der Waals surface area contributed by atoms with Gasteiger partial charge in [0.05, 0.1) is 18.3 Å². The number of aryl methyl sites for hydroxylation is 2. The topological polar surface area (TPSA) is 46.9 Å². The molecule has 0 radical (unpaired) electrons. The molecule has 0 saturated carbocycles. The molecule has 0 spiro atoms. The lowest BCUT2D eigenvalue weighted by Gasteiger charge is -2.07. The molecule has 1 heterocycles. The van der Waals surface area contributed by atoms with Crippen LogP contribution in [0.5, 0.6) is 0 Å². The lowest BCUT2D eigenvalue weighted by molar-refractivity contribution is 0.0948. The maximum atomic E-state index is 13.5. The maximum absolute atomic E-state index is 13.5. The molecule has 0 bridgehead atoms. The lowest BCUT2D eigenvalue weighted by Crippen LogP contribution is -2.28. The number of amides is 1. The number of carbonyl (C=O) groups excluding carboxylic acids is 1. The Hall–Kier alpha value is -2.17. The molecule has 4 nitrogen and oxygen atoms in total. The second kappa shape index (κ2) is 5.65. The van der Waals surface area contributed by atoms with Crippen LogP contribution in [0.4, 0.5) is 4.39 Å². The van der Waals surface area contributed by atoms with Crippen molar-refractivity contribution in [1.29, 1.82) is 0 Å². The largest absolute Gasteiger partial charge is 0.350 e. The van der Waals surface area contributed by atoms with E-state index in [1.807, 2.05) is 20.0 Å². The average Bonchev–Trinajstić information content (AvgIpc) is 2.78. The van der Waals surface area contributed by atoms with Crippen LogP contribution in [-0.4, -0.2) is 22.2 Å². The van der Waals surface area contributed by atoms with Gasteiger partial charge in [0.2, 0.25) is 0 Å². The fourth-order valence-corrected chi connectivity index (χ4v) is 1.78. The third-order valence-corrected chi connectivity index (χ3v) is 2.76. The van der Waals surface area contributed by atoms with Crippen LogP contribution >= 0.6 is 0 Å². The molecular formula is C14H16FN3O. The van der Waals surface area contributed by atoms with E-state index in [-0.39, 0.29) is 5.56 Å². The van der Waals surface area contributed by atoms with E-state index < -0.39 is 11.7 Å². The van der Waals surface area contributed by atoms with Gasteiger partial charge in [0, 0.05) is 12.7 Å². The molecule has 0 aliphatic carbocycles. The van der Waals surface area contributed by atoms with Crippen LogP contribution in [0, 0.1) is 19.7 Å². The molecule has 1 aromatic carbocycles. The summed E-state index contributed by atoms with van der Waals surface area (Å²) in [6.45, 7) is 4.74. The Kier molecular flexibility index (Phi) is 3.94. The third-order valence-electron chi connectivity index (χ3n) is 2.76. The van der Waals surface area contributed by atoms with Crippen LogP contribution < -0.4 is 5.32 Å². The summed E-state index contributed by atoms with van der Waals surface area (Å²) in [5.41, 5.74) is 2.00. The van der Waals surface area contributed by atoms with E-state index in [2.05, 4.69) is 10.4 Å². The van der Waals surface area contributed by atoms with Crippen molar-refractivity contribution < 1.29 is 9.18 Å². The summed E-state index contributed by atoms with van der Waals surface area (Å²) in [5, 5.41) is 6.79. The summed E-state index contributed by atoms with van der Waals surface area (Å²) in [6.07, 6.45) is 3.64. The molecule has 1 aromatic heterocycles. The van der Waals surface area contributed by atoms with Crippen LogP contribution in [0.15, 0.2) is 30.6 Å². The Labute approximate surface area is 111 Å². The number of hydrogen-bond donors (Lipinski definition) is 1. The summed E-state index contributed by atoms with van der Waals surface area (Å²) in [5.74, 6) is -0.900. The highest BCUT2D eigenvalue weighted by atomic mass is 19.1. The minimum atomic E-state index is -0.502. The first kappa shape index (κ1) is 13.3. The van der Waals surface area contributed by atoms with E-state index in [0.717, 1.165) is 11.1 Å². The molecule has 1 amide bonds. The van der Waals surface area contributed by atoms with Gasteiger partial charge in [0.15, 0.2) is 0 Å². The summed E-state index contributed by atoms with van der Waals surface area (Å²) >= 11 is 0. The first-order chi connectivity index (χ1) is 9.06. The van der Waals surface area contributed by atoms with Crippen molar-refractivity contribution in [2.45, 2.75) is 20.4 Å². The molecule has 0 saturated heterocycles. The van der Waals surface area contributed by atoms with Crippen molar-refractivity contribution in [3.63, 3.8) is 0 Å². The highest BCUT2D eigenvalue weighted by Gasteiger charge is 2.11. The molecule has 2 aromatic rings. The second-order valence-electron chi connectivity index (χ2n) is 4.52. The Morgan fingerprint density at radius 3 is 2.84 bits per heavy atom. The zero-order valence-corrected chi connectivity index (χ0v) is 11.0. The molecule has 1 N–H and O–H groups in total. The van der Waals surface area contributed by atoms with E-state index in [1.54, 1.807) is 23.0 Å². The smallest absolute Gasteiger partial charge is 0.254 e. The summed E-state index contributed by atoms with van der Waals surface area (Å²) in [6, 6.07) is 4.49. The first-order valence-electron chi connectivity index (χ1n) is 6.09. The van der Waals surface area contributed by atoms with Gasteiger partial charge >= 0.3 is 0 Å². The van der Waals surface area contributed by atoms with Gasteiger partial charge in [0.1, 0.15) is 5.82 Å². The van der Waals surface area contributed by atoms with E-state index >= 15 is 0 Å². The quantitative estimate of drug-likeness (QED) is 0.915. The van der Waals surface area contributed by atoms with Crippen LogP contribution in [0.3, 0.4) is 0 Å². The fourth-order valence-electron chi connectivity index (χ4n) is 1.78. The highest BCUT2D eigenvalue weighted by Crippen LogP contribution is 2.09. The zero-order chi connectivity index (χ0) is 13.8. The van der Waals surface area contributed by atoms with Crippen molar-refractivity contribution in [1.82, 2.24) is 15.1 Å². The molecule has 0 atom stereocenters. The summed E-state index contributed by atoms with van der Waals surface area (Å²) in [4.78, 5) is 11.8. The van der Waals surface area contributed by atoms with Crippen LogP contribution in [-0.2, 0) is 6.54 Å². The van der Waals surface area contributed by atoms with Crippen molar-refractivity contribution in [3.05, 3.63) is 53.1 Å². The van der Waals surface area contributed by atoms with Crippen molar-refractivity contribution in [2.24, 2.45) is 0 Å². The van der Waals surface area contributed by atoms with Gasteiger partial charge in [-0.15, -0.1) is 0 Å². The molecule has 100 valence electrons. The third kappa shape index (κ3) is 3.40. The van der Waals surface area contributed by atoms with Gasteiger partial charge in [-0.2, -0.15) is 5.10 Å². The van der Waals surface area contributed by atoms with Crippen molar-refractivity contribution >= 4 is 5.91 Å². The number of nitrogens with one attached hydrogen (secondary N) is 1. The minimum Gasteiger partial charge on any atom is -0.350 e. The molecular weight excluding hydrogens is 245 g/mol. The van der Waals surface area contributed by atoms with Crippen LogP contribution in [0.2, 0.25) is 0 Å². The normalized spacial score (nSPS) is 10.5. The zero-order valence-electron chi connectivity index (χ0n) is 11.0. The minimum absolute atomic E-state index is 0.0802. The van der Waals surface area contributed by atoms with Crippen molar-refractivity contribution in [2.75, 3.05) is 6.54 Å². The molecule has 2 rings (SSSR count). The molecule has 5 heteroatoms. The molecule has 0 fully saturated rings. The molecule has 0 aliphatic heterocycles. The number of rotatable bonds is 4. The monoisotopic (exact) mass is 261 g/mol. The Morgan fingerprint density at radius 2 is 2.16 bits per heavy atom. The Bertz CT molecular complexity index is 592. The molecule has 0 unspecified atom stereocenters. The van der Waals surface area contributed by atoms with Gasteiger partial charge in [0.25, 0.3) is 5.91 Å². The number of halogens is 1. The van der Waals surface area contributed by atoms with E-state index in [9.17, 15) is 9.18 Å². The number of hydrogen-bond acceptors (Lipinski definition) is 2. The average molecular weight is 261 g/mol. The predicted molar refractivity (Wildman–Crippen MR) is 70.4 cm³/mol. The van der Waals surface area contributed by atoms with Gasteiger partial charge < -0.3 is 5.32 Å². The first-order valence-corrected chi connectivity index (χ1v) is 6.09. The van der Waals surface area contributed by atoms with Gasteiger partial charge in [-0.25, -0.2) is 4.39 Å². The number of benzene rings is 1. The van der Waals surface area contributed by atoms with Crippen molar-refractivity contribution in [3.8, 4) is 0 Å². The summed E-state index contributed by atoms with van der Waals surface area (Å²) in [7, 11) is 0. The van der Waals surface area contributed by atoms with Crippen LogP contribution in [0.25, 0.3) is 0 Å². The number of aromatic nitrogens is 2. The van der Waals surface area contributed by atoms with Gasteiger partial charge in [-0.3, -0.25) is 9.48 Å². The Balaban J connectivity index is 1.92. The number of carbonyl (C=O) groups is 1. The second-order valence-corrected chi connectivity index (χ2v) is 4.52. The highest BCUT2D eigenvalue weighted by molar-refractivity contribution is 5.94. The standard InChI is InChI=1S/C14H16FN3O/c1-10-3-4-13(15)12(7-10)14(19)16-5-6-18-9-11(2)8-17-18/h3-4,7-9H,5-6H2,1-2H3,(H,16,19). The van der Waals surface area contributed by atoms with E-state index in [1.165, 1.54) is 6.07 Å². The maximum Gasteiger partial charge on any atom is 0.254 e. The SMILES string of the molecule is Cc1ccc(F)c(C(=O)NCCn2cc(C)cn2)c1. The Morgan fingerprint density at radius 1 is 1.37 bits per heavy atom. The van der Waals surface area contributed by atoms with Crippen LogP contribution in [0.1, 0.15) is 21.5 Å². The summed E-state index contributed by atoms with van der Waals surface area (Å²) < 4.78 is 15.2. The van der Waals surface area contributed by atoms with Gasteiger partial charge in [-0.05, 0) is 31.5 Å². The lowest BCUT2D eigenvalue weighted by atomic mass is 10.1. The molecule has 19 heavy (non-hydrogen) atoms.